The third-order valence-electron chi connectivity index (χ3n) is 5.31. The molecular weight excluding hydrogens is 503 g/mol. The van der Waals surface area contributed by atoms with E-state index in [4.69, 9.17) is 4.52 Å². The molecular formula is C23H33IN6O. The van der Waals surface area contributed by atoms with Crippen molar-refractivity contribution in [2.75, 3.05) is 7.05 Å². The van der Waals surface area contributed by atoms with Crippen LogP contribution in [0.5, 0.6) is 0 Å². The monoisotopic (exact) mass is 536 g/mol. The van der Waals surface area contributed by atoms with Crippen LogP contribution in [0.4, 0.5) is 0 Å². The summed E-state index contributed by atoms with van der Waals surface area (Å²) in [6.45, 7) is 9.59. The van der Waals surface area contributed by atoms with Gasteiger partial charge in [0.2, 0.25) is 0 Å². The highest BCUT2D eigenvalue weighted by molar-refractivity contribution is 14.0. The maximum atomic E-state index is 5.49. The lowest BCUT2D eigenvalue weighted by molar-refractivity contribution is 0.368. The van der Waals surface area contributed by atoms with Gasteiger partial charge in [0.25, 0.3) is 0 Å². The molecule has 3 rings (SSSR count). The fraction of sp³-hybridized carbons (Fsp3) is 0.435. The van der Waals surface area contributed by atoms with Gasteiger partial charge in [-0.3, -0.25) is 4.99 Å². The van der Waals surface area contributed by atoms with E-state index < -0.39 is 0 Å². The van der Waals surface area contributed by atoms with Crippen molar-refractivity contribution >= 4 is 29.9 Å². The van der Waals surface area contributed by atoms with E-state index in [1.807, 2.05) is 29.8 Å². The normalized spacial score (nSPS) is 11.5. The molecule has 7 nitrogen and oxygen atoms in total. The number of hydrogen-bond donors (Lipinski definition) is 2. The Morgan fingerprint density at radius 3 is 2.45 bits per heavy atom. The lowest BCUT2D eigenvalue weighted by Crippen LogP contribution is -2.36. The lowest BCUT2D eigenvalue weighted by atomic mass is 9.99. The molecule has 0 spiro atoms. The largest absolute Gasteiger partial charge is 0.359 e. The van der Waals surface area contributed by atoms with E-state index in [2.05, 4.69) is 64.9 Å². The minimum atomic E-state index is 0. The Balaban J connectivity index is 0.00000341. The van der Waals surface area contributed by atoms with Gasteiger partial charge in [-0.05, 0) is 44.4 Å². The number of aliphatic imine (C=N–C) groups is 1. The summed E-state index contributed by atoms with van der Waals surface area (Å²) in [5.74, 6) is 1.97. The van der Waals surface area contributed by atoms with Crippen molar-refractivity contribution in [1.82, 2.24) is 25.6 Å². The Hall–Kier alpha value is -2.36. The van der Waals surface area contributed by atoms with E-state index in [-0.39, 0.29) is 24.0 Å². The molecule has 3 aromatic rings. The van der Waals surface area contributed by atoms with Crippen molar-refractivity contribution in [2.24, 2.45) is 4.99 Å². The number of halogens is 1. The molecule has 31 heavy (non-hydrogen) atoms. The average Bonchev–Trinajstić information content (AvgIpc) is 3.35. The smallest absolute Gasteiger partial charge is 0.191 e. The molecule has 0 unspecified atom stereocenters. The SMILES string of the molecule is CCC(CC)c1cc(CNC(=NC)NCc2ccccc2-n2nc(C)cc2C)on1.I. The van der Waals surface area contributed by atoms with Gasteiger partial charge < -0.3 is 15.2 Å². The first-order valence-corrected chi connectivity index (χ1v) is 10.6. The summed E-state index contributed by atoms with van der Waals surface area (Å²) in [5, 5.41) is 15.5. The van der Waals surface area contributed by atoms with Crippen molar-refractivity contribution in [3.05, 3.63) is 64.8 Å². The van der Waals surface area contributed by atoms with Gasteiger partial charge in [-0.15, -0.1) is 24.0 Å². The molecule has 0 aliphatic rings. The first-order chi connectivity index (χ1) is 14.5. The Bertz CT molecular complexity index is 990. The Morgan fingerprint density at radius 2 is 1.81 bits per heavy atom. The van der Waals surface area contributed by atoms with E-state index in [9.17, 15) is 0 Å². The maximum Gasteiger partial charge on any atom is 0.191 e. The zero-order chi connectivity index (χ0) is 21.5. The molecule has 0 fully saturated rings. The van der Waals surface area contributed by atoms with Crippen LogP contribution in [-0.2, 0) is 13.1 Å². The minimum Gasteiger partial charge on any atom is -0.359 e. The first kappa shape index (κ1) is 24.9. The van der Waals surface area contributed by atoms with Crippen LogP contribution in [0.2, 0.25) is 0 Å². The van der Waals surface area contributed by atoms with Crippen LogP contribution in [0.1, 0.15) is 61.0 Å². The zero-order valence-electron chi connectivity index (χ0n) is 19.0. The van der Waals surface area contributed by atoms with Gasteiger partial charge in [0.1, 0.15) is 0 Å². The van der Waals surface area contributed by atoms with Gasteiger partial charge in [0.05, 0.1) is 23.6 Å². The molecule has 0 saturated carbocycles. The van der Waals surface area contributed by atoms with Crippen molar-refractivity contribution in [3.63, 3.8) is 0 Å². The Labute approximate surface area is 201 Å². The van der Waals surface area contributed by atoms with Crippen LogP contribution >= 0.6 is 24.0 Å². The number of benzene rings is 1. The van der Waals surface area contributed by atoms with Crippen molar-refractivity contribution in [3.8, 4) is 5.69 Å². The highest BCUT2D eigenvalue weighted by atomic mass is 127. The Kier molecular flexibility index (Phi) is 9.54. The fourth-order valence-corrected chi connectivity index (χ4v) is 3.62. The number of para-hydroxylation sites is 1. The number of guanidine groups is 1. The van der Waals surface area contributed by atoms with Crippen LogP contribution < -0.4 is 10.6 Å². The van der Waals surface area contributed by atoms with E-state index in [0.29, 0.717) is 25.0 Å². The molecule has 0 saturated heterocycles. The molecule has 1 aromatic carbocycles. The summed E-state index contributed by atoms with van der Waals surface area (Å²) in [6.07, 6.45) is 2.13. The summed E-state index contributed by atoms with van der Waals surface area (Å²) >= 11 is 0. The van der Waals surface area contributed by atoms with Gasteiger partial charge in [0, 0.05) is 31.3 Å². The van der Waals surface area contributed by atoms with Gasteiger partial charge >= 0.3 is 0 Å². The second-order valence-electron chi connectivity index (χ2n) is 7.48. The fourth-order valence-electron chi connectivity index (χ4n) is 3.62. The number of nitrogens with one attached hydrogen (secondary N) is 2. The van der Waals surface area contributed by atoms with E-state index in [1.54, 1.807) is 7.05 Å². The summed E-state index contributed by atoms with van der Waals surface area (Å²) in [5.41, 5.74) is 5.35. The summed E-state index contributed by atoms with van der Waals surface area (Å²) < 4.78 is 7.48. The Morgan fingerprint density at radius 1 is 1.10 bits per heavy atom. The molecule has 168 valence electrons. The highest BCUT2D eigenvalue weighted by Gasteiger charge is 2.13. The van der Waals surface area contributed by atoms with Crippen molar-refractivity contribution < 1.29 is 4.52 Å². The summed E-state index contributed by atoms with van der Waals surface area (Å²) in [7, 11) is 1.76. The topological polar surface area (TPSA) is 80.3 Å². The van der Waals surface area contributed by atoms with Gasteiger partial charge in [-0.25, -0.2) is 4.68 Å². The molecule has 2 N–H and O–H groups in total. The molecule has 8 heteroatoms. The number of aromatic nitrogens is 3. The quantitative estimate of drug-likeness (QED) is 0.244. The predicted molar refractivity (Wildman–Crippen MR) is 135 cm³/mol. The second-order valence-corrected chi connectivity index (χ2v) is 7.48. The molecule has 2 heterocycles. The molecule has 0 radical (unpaired) electrons. The van der Waals surface area contributed by atoms with E-state index >= 15 is 0 Å². The van der Waals surface area contributed by atoms with Crippen LogP contribution in [0.15, 0.2) is 45.9 Å². The standard InChI is InChI=1S/C23H32N6O.HI/c1-6-18(7-2)21-13-20(30-28-21)15-26-23(24-5)25-14-19-10-8-9-11-22(19)29-17(4)12-16(3)27-29;/h8-13,18H,6-7,14-15H2,1-5H3,(H2,24,25,26);1H. The van der Waals surface area contributed by atoms with Crippen molar-refractivity contribution in [1.29, 1.82) is 0 Å². The first-order valence-electron chi connectivity index (χ1n) is 10.6. The van der Waals surface area contributed by atoms with Gasteiger partial charge in [0.15, 0.2) is 11.7 Å². The van der Waals surface area contributed by atoms with Gasteiger partial charge in [-0.2, -0.15) is 5.10 Å². The summed E-state index contributed by atoms with van der Waals surface area (Å²) in [4.78, 5) is 4.33. The molecule has 0 bridgehead atoms. The van der Waals surface area contributed by atoms with Crippen LogP contribution in [-0.4, -0.2) is 27.9 Å². The number of aryl methyl sites for hydroxylation is 2. The van der Waals surface area contributed by atoms with Crippen LogP contribution in [0, 0.1) is 13.8 Å². The molecule has 0 atom stereocenters. The average molecular weight is 536 g/mol. The molecule has 0 aliphatic carbocycles. The third kappa shape index (κ3) is 6.32. The number of nitrogens with zero attached hydrogens (tertiary/aromatic N) is 4. The number of rotatable bonds is 8. The van der Waals surface area contributed by atoms with Crippen LogP contribution in [0.25, 0.3) is 5.69 Å². The van der Waals surface area contributed by atoms with E-state index in [1.165, 1.54) is 0 Å². The third-order valence-corrected chi connectivity index (χ3v) is 5.31. The molecule has 0 aliphatic heterocycles. The van der Waals surface area contributed by atoms with Crippen LogP contribution in [0.3, 0.4) is 0 Å². The highest BCUT2D eigenvalue weighted by Crippen LogP contribution is 2.22. The lowest BCUT2D eigenvalue weighted by Gasteiger charge is -2.14. The van der Waals surface area contributed by atoms with Crippen molar-refractivity contribution in [2.45, 2.75) is 59.5 Å². The zero-order valence-corrected chi connectivity index (χ0v) is 21.3. The summed E-state index contributed by atoms with van der Waals surface area (Å²) in [6, 6.07) is 12.4. The number of hydrogen-bond acceptors (Lipinski definition) is 4. The maximum absolute atomic E-state index is 5.49. The minimum absolute atomic E-state index is 0. The molecule has 0 amide bonds. The second kappa shape index (κ2) is 11.9. The van der Waals surface area contributed by atoms with E-state index in [0.717, 1.165) is 46.9 Å². The van der Waals surface area contributed by atoms with Gasteiger partial charge in [-0.1, -0.05) is 37.2 Å². The molecule has 2 aromatic heterocycles. The predicted octanol–water partition coefficient (Wildman–Crippen LogP) is 4.86.